The van der Waals surface area contributed by atoms with Gasteiger partial charge in [-0.05, 0) is 48.9 Å². The molecule has 164 valence electrons. The van der Waals surface area contributed by atoms with Crippen molar-refractivity contribution in [1.82, 2.24) is 0 Å². The van der Waals surface area contributed by atoms with E-state index in [2.05, 4.69) is 46.9 Å². The molecular formula is C24H38O4S. The van der Waals surface area contributed by atoms with E-state index in [-0.39, 0.29) is 52.3 Å². The first-order valence-corrected chi connectivity index (χ1v) is 11.8. The Morgan fingerprint density at radius 1 is 1.38 bits per heavy atom. The molecule has 0 aromatic rings. The quantitative estimate of drug-likeness (QED) is 0.399. The van der Waals surface area contributed by atoms with Gasteiger partial charge in [0.05, 0.1) is 11.9 Å². The second-order valence-electron chi connectivity index (χ2n) is 10.4. The Morgan fingerprint density at radius 3 is 2.59 bits per heavy atom. The minimum absolute atomic E-state index is 0.0105. The van der Waals surface area contributed by atoms with Crippen LogP contribution in [0.3, 0.4) is 0 Å². The molecule has 0 spiro atoms. The Bertz CT molecular complexity index is 692. The van der Waals surface area contributed by atoms with Gasteiger partial charge in [0.1, 0.15) is 11.9 Å². The number of carbonyl (C=O) groups excluding carboxylic acids is 2. The fourth-order valence-electron chi connectivity index (χ4n) is 7.49. The molecule has 0 amide bonds. The summed E-state index contributed by atoms with van der Waals surface area (Å²) >= 11 is 4.12. The number of hydrogen-bond donors (Lipinski definition) is 2. The fourth-order valence-corrected chi connectivity index (χ4v) is 7.56. The van der Waals surface area contributed by atoms with Crippen LogP contribution in [-0.4, -0.2) is 34.8 Å². The molecule has 3 fully saturated rings. The van der Waals surface area contributed by atoms with E-state index in [1.54, 1.807) is 0 Å². The summed E-state index contributed by atoms with van der Waals surface area (Å²) in [5.41, 5.74) is -1.06. The highest BCUT2D eigenvalue weighted by atomic mass is 32.1. The molecule has 0 aromatic carbocycles. The van der Waals surface area contributed by atoms with E-state index >= 15 is 0 Å². The average Bonchev–Trinajstić information content (AvgIpc) is 2.99. The summed E-state index contributed by atoms with van der Waals surface area (Å²) in [6.45, 7) is 14.9. The van der Waals surface area contributed by atoms with Crippen LogP contribution >= 0.6 is 12.6 Å². The molecule has 4 nitrogen and oxygen atoms in total. The van der Waals surface area contributed by atoms with Gasteiger partial charge in [-0.3, -0.25) is 9.59 Å². The van der Waals surface area contributed by atoms with Crippen molar-refractivity contribution >= 4 is 24.4 Å². The van der Waals surface area contributed by atoms with Gasteiger partial charge < -0.3 is 9.84 Å². The zero-order chi connectivity index (χ0) is 21.8. The van der Waals surface area contributed by atoms with Gasteiger partial charge in [-0.25, -0.2) is 0 Å². The third kappa shape index (κ3) is 3.13. The Morgan fingerprint density at radius 2 is 2.03 bits per heavy atom. The number of ketones is 1. The normalized spacial score (nSPS) is 49.7. The average molecular weight is 423 g/mol. The SMILES string of the molecule is C=C[C@]1(C)C[C@@H](OC(=O)CS)[C@]2(C)C(C)CC3C(=O)CCC(CC)(C32)[C@@H](C)C1O. The van der Waals surface area contributed by atoms with Crippen molar-refractivity contribution in [2.24, 2.45) is 39.9 Å². The van der Waals surface area contributed by atoms with E-state index in [0.29, 0.717) is 18.6 Å². The molecule has 3 aliphatic rings. The van der Waals surface area contributed by atoms with Crippen LogP contribution in [0.2, 0.25) is 0 Å². The maximum absolute atomic E-state index is 13.0. The third-order valence-corrected chi connectivity index (χ3v) is 9.77. The molecule has 0 saturated heterocycles. The molecule has 3 saturated carbocycles. The van der Waals surface area contributed by atoms with Crippen LogP contribution in [0, 0.1) is 39.9 Å². The van der Waals surface area contributed by atoms with Crippen molar-refractivity contribution in [1.29, 1.82) is 0 Å². The fraction of sp³-hybridized carbons (Fsp3) is 0.833. The smallest absolute Gasteiger partial charge is 0.315 e. The Kier molecular flexibility index (Phi) is 6.08. The predicted octanol–water partition coefficient (Wildman–Crippen LogP) is 4.46. The van der Waals surface area contributed by atoms with E-state index in [9.17, 15) is 14.7 Å². The monoisotopic (exact) mass is 422 g/mol. The van der Waals surface area contributed by atoms with Crippen molar-refractivity contribution < 1.29 is 19.4 Å². The van der Waals surface area contributed by atoms with Crippen molar-refractivity contribution in [2.75, 3.05) is 5.75 Å². The molecule has 0 aliphatic heterocycles. The maximum atomic E-state index is 13.0. The number of carbonyl (C=O) groups is 2. The number of rotatable bonds is 4. The van der Waals surface area contributed by atoms with Crippen LogP contribution in [0.5, 0.6) is 0 Å². The van der Waals surface area contributed by atoms with Gasteiger partial charge in [-0.1, -0.05) is 40.7 Å². The molecule has 0 heterocycles. The molecule has 3 aliphatic carbocycles. The highest BCUT2D eigenvalue weighted by Crippen LogP contribution is 2.69. The second-order valence-corrected chi connectivity index (χ2v) is 10.7. The zero-order valence-corrected chi connectivity index (χ0v) is 19.5. The first-order chi connectivity index (χ1) is 13.5. The molecule has 1 N–H and O–H groups in total. The summed E-state index contributed by atoms with van der Waals surface area (Å²) < 4.78 is 6.05. The van der Waals surface area contributed by atoms with Gasteiger partial charge in [-0.15, -0.1) is 6.58 Å². The van der Waals surface area contributed by atoms with E-state index in [1.807, 2.05) is 13.0 Å². The lowest BCUT2D eigenvalue weighted by Crippen LogP contribution is -2.61. The first kappa shape index (κ1) is 22.9. The molecule has 0 radical (unpaired) electrons. The number of ether oxygens (including phenoxy) is 1. The highest BCUT2D eigenvalue weighted by Gasteiger charge is 2.68. The van der Waals surface area contributed by atoms with Crippen molar-refractivity contribution in [3.8, 4) is 0 Å². The number of aliphatic hydroxyl groups excluding tert-OH is 1. The molecule has 5 heteroatoms. The van der Waals surface area contributed by atoms with E-state index in [4.69, 9.17) is 4.74 Å². The third-order valence-electron chi connectivity index (χ3n) is 9.51. The molecule has 29 heavy (non-hydrogen) atoms. The van der Waals surface area contributed by atoms with Gasteiger partial charge in [0, 0.05) is 23.2 Å². The van der Waals surface area contributed by atoms with Gasteiger partial charge in [0.15, 0.2) is 0 Å². The largest absolute Gasteiger partial charge is 0.461 e. The topological polar surface area (TPSA) is 63.6 Å². The van der Waals surface area contributed by atoms with E-state index in [1.165, 1.54) is 0 Å². The Balaban J connectivity index is 2.25. The van der Waals surface area contributed by atoms with Gasteiger partial charge in [0.2, 0.25) is 0 Å². The number of Topliss-reactive ketones (excluding diaryl/α,β-unsaturated/α-hetero) is 1. The minimum Gasteiger partial charge on any atom is -0.461 e. The zero-order valence-electron chi connectivity index (χ0n) is 18.6. The molecule has 9 atom stereocenters. The summed E-state index contributed by atoms with van der Waals surface area (Å²) in [6, 6.07) is 0. The summed E-state index contributed by atoms with van der Waals surface area (Å²) in [5, 5.41) is 11.5. The molecule has 5 unspecified atom stereocenters. The van der Waals surface area contributed by atoms with Crippen molar-refractivity contribution in [3.05, 3.63) is 12.7 Å². The molecular weight excluding hydrogens is 384 g/mol. The summed E-state index contributed by atoms with van der Waals surface area (Å²) in [6.07, 6.45) is 4.49. The number of hydrogen-bond acceptors (Lipinski definition) is 5. The summed E-state index contributed by atoms with van der Waals surface area (Å²) in [5.74, 6) is 0.409. The Labute approximate surface area is 181 Å². The second kappa shape index (κ2) is 7.71. The molecule has 3 rings (SSSR count). The standard InChI is InChI=1S/C24H38O4S/c1-7-22(5)12-18(28-19(26)13-29)23(6)14(3)11-16-17(25)9-10-24(8-2,20(16)23)15(4)21(22)27/h7,14-16,18,20-21,27,29H,1,8-13H2,2-6H3/t14?,15-,16?,18+,20?,21?,22+,23-,24?/m0/s1. The highest BCUT2D eigenvalue weighted by molar-refractivity contribution is 7.81. The summed E-state index contributed by atoms with van der Waals surface area (Å²) in [4.78, 5) is 25.4. The number of thiol groups is 1. The van der Waals surface area contributed by atoms with Gasteiger partial charge in [-0.2, -0.15) is 12.6 Å². The van der Waals surface area contributed by atoms with E-state index in [0.717, 1.165) is 19.3 Å². The van der Waals surface area contributed by atoms with E-state index < -0.39 is 11.5 Å². The minimum atomic E-state index is -0.605. The summed E-state index contributed by atoms with van der Waals surface area (Å²) in [7, 11) is 0. The lowest BCUT2D eigenvalue weighted by molar-refractivity contribution is -0.196. The maximum Gasteiger partial charge on any atom is 0.315 e. The number of esters is 1. The molecule has 0 bridgehead atoms. The van der Waals surface area contributed by atoms with Crippen LogP contribution in [0.4, 0.5) is 0 Å². The van der Waals surface area contributed by atoms with Crippen LogP contribution in [-0.2, 0) is 14.3 Å². The molecule has 0 aromatic heterocycles. The predicted molar refractivity (Wildman–Crippen MR) is 118 cm³/mol. The van der Waals surface area contributed by atoms with Crippen molar-refractivity contribution in [3.63, 3.8) is 0 Å². The number of aliphatic hydroxyl groups is 1. The van der Waals surface area contributed by atoms with Crippen LogP contribution < -0.4 is 0 Å². The van der Waals surface area contributed by atoms with Crippen LogP contribution in [0.25, 0.3) is 0 Å². The Hall–Kier alpha value is -0.810. The van der Waals surface area contributed by atoms with Gasteiger partial charge in [0.25, 0.3) is 0 Å². The van der Waals surface area contributed by atoms with Crippen LogP contribution in [0.15, 0.2) is 12.7 Å². The van der Waals surface area contributed by atoms with Crippen LogP contribution in [0.1, 0.15) is 66.7 Å². The lowest BCUT2D eigenvalue weighted by Gasteiger charge is -2.61. The lowest BCUT2D eigenvalue weighted by atomic mass is 9.45. The van der Waals surface area contributed by atoms with Crippen molar-refractivity contribution in [2.45, 2.75) is 78.9 Å². The van der Waals surface area contributed by atoms with Gasteiger partial charge >= 0.3 is 5.97 Å². The first-order valence-electron chi connectivity index (χ1n) is 11.2.